The lowest BCUT2D eigenvalue weighted by atomic mass is 9.67. The maximum absolute atomic E-state index is 2.50. The lowest BCUT2D eigenvalue weighted by Crippen LogP contribution is -2.28. The monoisotopic (exact) mass is 805 g/mol. The van der Waals surface area contributed by atoms with Gasteiger partial charge in [0.25, 0.3) is 0 Å². The zero-order valence-corrected chi connectivity index (χ0v) is 35.3. The second-order valence-electron chi connectivity index (χ2n) is 17.5. The third kappa shape index (κ3) is 5.91. The van der Waals surface area contributed by atoms with Crippen LogP contribution in [0.5, 0.6) is 0 Å². The van der Waals surface area contributed by atoms with Crippen molar-refractivity contribution in [1.82, 2.24) is 0 Å². The standard InChI is InChI=1S/C62H47N/c1-5-18-47(19-6-1)62(48-20-7-2-8-21-48)56-28-14-13-26-55(56)60-52(27-17-29-57(60)62)46-35-32-44(33-36-46)30-31-45-34-38-53-54-39-37-51(43-59(54)61(58(53)42-45)40-15-16-41-61)63(49-22-9-3-10-23-49)50-24-11-4-12-25-50/h1-14,17-39,42-43H,15-16,40-41H2. The lowest BCUT2D eigenvalue weighted by Gasteiger charge is -2.34. The van der Waals surface area contributed by atoms with E-state index in [-0.39, 0.29) is 5.41 Å². The molecule has 12 rings (SSSR count). The molecule has 9 aromatic rings. The molecule has 0 aromatic heterocycles. The van der Waals surface area contributed by atoms with Gasteiger partial charge in [-0.25, -0.2) is 0 Å². The Labute approximate surface area is 371 Å². The van der Waals surface area contributed by atoms with Gasteiger partial charge in [0.1, 0.15) is 0 Å². The Bertz CT molecular complexity index is 3060. The van der Waals surface area contributed by atoms with Crippen molar-refractivity contribution in [2.45, 2.75) is 36.5 Å². The highest BCUT2D eigenvalue weighted by Crippen LogP contribution is 2.59. The number of para-hydroxylation sites is 2. The Kier molecular flexibility index (Phi) is 8.97. The van der Waals surface area contributed by atoms with E-state index in [9.17, 15) is 0 Å². The van der Waals surface area contributed by atoms with Crippen molar-refractivity contribution < 1.29 is 0 Å². The van der Waals surface area contributed by atoms with E-state index in [1.165, 1.54) is 121 Å². The largest absolute Gasteiger partial charge is 0.310 e. The van der Waals surface area contributed by atoms with Crippen LogP contribution in [0.4, 0.5) is 17.1 Å². The number of anilines is 3. The Hall–Kier alpha value is -7.48. The summed E-state index contributed by atoms with van der Waals surface area (Å²) in [4.78, 5) is 2.40. The fraction of sp³-hybridized carbons (Fsp3) is 0.0968. The summed E-state index contributed by atoms with van der Waals surface area (Å²) in [5, 5.41) is 0. The van der Waals surface area contributed by atoms with Gasteiger partial charge < -0.3 is 4.90 Å². The molecule has 0 radical (unpaired) electrons. The maximum Gasteiger partial charge on any atom is 0.0713 e. The van der Waals surface area contributed by atoms with Crippen LogP contribution in [0.1, 0.15) is 70.2 Å². The van der Waals surface area contributed by atoms with Crippen LogP contribution in [-0.2, 0) is 10.8 Å². The first-order valence-corrected chi connectivity index (χ1v) is 22.6. The highest BCUT2D eigenvalue weighted by atomic mass is 15.1. The van der Waals surface area contributed by atoms with E-state index in [4.69, 9.17) is 0 Å². The summed E-state index contributed by atoms with van der Waals surface area (Å²) < 4.78 is 0. The van der Waals surface area contributed by atoms with Crippen molar-refractivity contribution in [2.75, 3.05) is 4.90 Å². The molecule has 3 aliphatic rings. The summed E-state index contributed by atoms with van der Waals surface area (Å²) in [6.07, 6.45) is 9.48. The molecule has 1 nitrogen and oxygen atoms in total. The first-order chi connectivity index (χ1) is 31.2. The molecule has 0 atom stereocenters. The van der Waals surface area contributed by atoms with Crippen molar-refractivity contribution in [3.8, 4) is 33.4 Å². The molecule has 0 N–H and O–H groups in total. The molecule has 1 fully saturated rings. The van der Waals surface area contributed by atoms with Gasteiger partial charge in [-0.3, -0.25) is 0 Å². The molecular weight excluding hydrogens is 759 g/mol. The Balaban J connectivity index is 0.879. The number of rotatable bonds is 8. The summed E-state index contributed by atoms with van der Waals surface area (Å²) >= 11 is 0. The minimum atomic E-state index is -0.408. The molecule has 0 amide bonds. The van der Waals surface area contributed by atoms with Gasteiger partial charge in [0.15, 0.2) is 0 Å². The molecule has 0 heterocycles. The molecule has 0 aliphatic heterocycles. The number of hydrogen-bond donors (Lipinski definition) is 0. The van der Waals surface area contributed by atoms with Gasteiger partial charge >= 0.3 is 0 Å². The van der Waals surface area contributed by atoms with E-state index < -0.39 is 5.41 Å². The van der Waals surface area contributed by atoms with Crippen molar-refractivity contribution in [2.24, 2.45) is 0 Å². The lowest BCUT2D eigenvalue weighted by molar-refractivity contribution is 0.550. The molecule has 9 aromatic carbocycles. The van der Waals surface area contributed by atoms with Gasteiger partial charge in [-0.05, 0) is 127 Å². The van der Waals surface area contributed by atoms with Gasteiger partial charge in [-0.1, -0.05) is 213 Å². The minimum absolute atomic E-state index is 0.0401. The Morgan fingerprint density at radius 1 is 0.349 bits per heavy atom. The van der Waals surface area contributed by atoms with E-state index >= 15 is 0 Å². The van der Waals surface area contributed by atoms with Crippen molar-refractivity contribution in [3.63, 3.8) is 0 Å². The van der Waals surface area contributed by atoms with Gasteiger partial charge in [0, 0.05) is 22.5 Å². The number of benzene rings is 9. The van der Waals surface area contributed by atoms with Crippen molar-refractivity contribution >= 4 is 29.2 Å². The predicted octanol–water partition coefficient (Wildman–Crippen LogP) is 16.2. The van der Waals surface area contributed by atoms with E-state index in [1.807, 2.05) is 0 Å². The summed E-state index contributed by atoms with van der Waals surface area (Å²) in [5.41, 5.74) is 21.8. The molecule has 0 bridgehead atoms. The van der Waals surface area contributed by atoms with Crippen molar-refractivity contribution in [3.05, 3.63) is 269 Å². The second-order valence-corrected chi connectivity index (χ2v) is 17.5. The molecular formula is C62H47N. The topological polar surface area (TPSA) is 3.24 Å². The normalized spacial score (nSPS) is 14.9. The zero-order valence-electron chi connectivity index (χ0n) is 35.3. The van der Waals surface area contributed by atoms with Gasteiger partial charge in [-0.2, -0.15) is 0 Å². The molecule has 1 saturated carbocycles. The summed E-state index contributed by atoms with van der Waals surface area (Å²) in [7, 11) is 0. The molecule has 3 aliphatic carbocycles. The van der Waals surface area contributed by atoms with E-state index in [0.29, 0.717) is 0 Å². The predicted molar refractivity (Wildman–Crippen MR) is 264 cm³/mol. The van der Waals surface area contributed by atoms with Crippen LogP contribution in [0, 0.1) is 0 Å². The zero-order chi connectivity index (χ0) is 41.8. The highest BCUT2D eigenvalue weighted by molar-refractivity contribution is 5.96. The van der Waals surface area contributed by atoms with Gasteiger partial charge in [-0.15, -0.1) is 0 Å². The second kappa shape index (κ2) is 15.2. The first-order valence-electron chi connectivity index (χ1n) is 22.6. The number of nitrogens with zero attached hydrogens (tertiary/aromatic N) is 1. The number of hydrogen-bond acceptors (Lipinski definition) is 1. The number of fused-ring (bicyclic) bond motifs is 8. The molecule has 63 heavy (non-hydrogen) atoms. The summed E-state index contributed by atoms with van der Waals surface area (Å²) in [5.74, 6) is 0. The summed E-state index contributed by atoms with van der Waals surface area (Å²) in [6.45, 7) is 0. The Morgan fingerprint density at radius 3 is 1.51 bits per heavy atom. The molecule has 1 spiro atoms. The molecule has 0 unspecified atom stereocenters. The fourth-order valence-electron chi connectivity index (χ4n) is 11.6. The SMILES string of the molecule is C(=Cc1ccc2c(c1)C1(CCCC1)c1cc(N(c3ccccc3)c3ccccc3)ccc1-2)c1ccc(-c2cccc3c2-c2ccccc2C3(c2ccccc2)c2ccccc2)cc1. The minimum Gasteiger partial charge on any atom is -0.310 e. The average Bonchev–Trinajstić information content (AvgIpc) is 4.05. The van der Waals surface area contributed by atoms with Crippen LogP contribution in [0.3, 0.4) is 0 Å². The molecule has 300 valence electrons. The van der Waals surface area contributed by atoms with Crippen LogP contribution < -0.4 is 4.90 Å². The molecule has 0 saturated heterocycles. The van der Waals surface area contributed by atoms with Gasteiger partial charge in [0.2, 0.25) is 0 Å². The first kappa shape index (κ1) is 37.3. The van der Waals surface area contributed by atoms with E-state index in [0.717, 1.165) is 0 Å². The van der Waals surface area contributed by atoms with Crippen molar-refractivity contribution in [1.29, 1.82) is 0 Å². The third-order valence-corrected chi connectivity index (χ3v) is 14.3. The highest BCUT2D eigenvalue weighted by Gasteiger charge is 2.47. The Morgan fingerprint density at radius 2 is 0.857 bits per heavy atom. The fourth-order valence-corrected chi connectivity index (χ4v) is 11.6. The van der Waals surface area contributed by atoms with Crippen LogP contribution >= 0.6 is 0 Å². The molecule has 1 heteroatoms. The average molecular weight is 806 g/mol. The van der Waals surface area contributed by atoms with Crippen LogP contribution in [0.15, 0.2) is 224 Å². The van der Waals surface area contributed by atoms with Crippen LogP contribution in [0.25, 0.3) is 45.5 Å². The van der Waals surface area contributed by atoms with E-state index in [2.05, 4.69) is 242 Å². The van der Waals surface area contributed by atoms with Crippen LogP contribution in [-0.4, -0.2) is 0 Å². The van der Waals surface area contributed by atoms with E-state index in [1.54, 1.807) is 0 Å². The quantitative estimate of drug-likeness (QED) is 0.138. The maximum atomic E-state index is 2.50. The summed E-state index contributed by atoms with van der Waals surface area (Å²) in [6, 6.07) is 83.2. The van der Waals surface area contributed by atoms with Crippen LogP contribution in [0.2, 0.25) is 0 Å². The smallest absolute Gasteiger partial charge is 0.0713 e. The third-order valence-electron chi connectivity index (χ3n) is 14.3. The van der Waals surface area contributed by atoms with Gasteiger partial charge in [0.05, 0.1) is 5.41 Å².